The number of rotatable bonds is 9. The molecule has 3 aromatic rings. The van der Waals surface area contributed by atoms with Crippen molar-refractivity contribution in [2.75, 3.05) is 11.3 Å². The molecule has 0 bridgehead atoms. The van der Waals surface area contributed by atoms with Crippen LogP contribution in [0, 0.1) is 6.07 Å². The molecule has 0 fully saturated rings. The number of alkyl halides is 3. The number of anilines is 1. The Labute approximate surface area is 185 Å². The Hall–Kier alpha value is -3.26. The highest BCUT2D eigenvalue weighted by atomic mass is 32.2. The van der Waals surface area contributed by atoms with Gasteiger partial charge in [-0.2, -0.15) is 13.2 Å². The van der Waals surface area contributed by atoms with Crippen molar-refractivity contribution in [3.8, 4) is 5.75 Å². The van der Waals surface area contributed by atoms with Gasteiger partial charge in [-0.05, 0) is 54.4 Å². The van der Waals surface area contributed by atoms with Crippen molar-refractivity contribution in [2.45, 2.75) is 23.4 Å². The van der Waals surface area contributed by atoms with E-state index < -0.39 is 27.5 Å². The van der Waals surface area contributed by atoms with E-state index in [1.54, 1.807) is 36.4 Å². The zero-order valence-corrected chi connectivity index (χ0v) is 17.8. The van der Waals surface area contributed by atoms with Gasteiger partial charge in [0, 0.05) is 5.92 Å². The van der Waals surface area contributed by atoms with Crippen LogP contribution in [0.1, 0.15) is 23.5 Å². The number of hydrogen-bond acceptors (Lipinski definition) is 3. The molecular formula is C24H21F3NO3S. The molecule has 0 heterocycles. The molecule has 1 atom stereocenters. The van der Waals surface area contributed by atoms with E-state index in [9.17, 15) is 21.6 Å². The van der Waals surface area contributed by atoms with Gasteiger partial charge in [0.15, 0.2) is 0 Å². The lowest BCUT2D eigenvalue weighted by Crippen LogP contribution is -2.18. The molecule has 0 spiro atoms. The van der Waals surface area contributed by atoms with Crippen LogP contribution >= 0.6 is 0 Å². The van der Waals surface area contributed by atoms with E-state index in [2.05, 4.69) is 17.4 Å². The highest BCUT2D eigenvalue weighted by molar-refractivity contribution is 7.92. The third-order valence-corrected chi connectivity index (χ3v) is 6.08. The Morgan fingerprint density at radius 2 is 1.84 bits per heavy atom. The van der Waals surface area contributed by atoms with E-state index in [1.807, 2.05) is 0 Å². The van der Waals surface area contributed by atoms with E-state index in [0.717, 1.165) is 6.07 Å². The van der Waals surface area contributed by atoms with E-state index in [-0.39, 0.29) is 17.4 Å². The Bertz CT molecular complexity index is 1150. The molecular weight excluding hydrogens is 439 g/mol. The van der Waals surface area contributed by atoms with Gasteiger partial charge in [-0.25, -0.2) is 8.42 Å². The van der Waals surface area contributed by atoms with Crippen molar-refractivity contribution in [3.05, 3.63) is 103 Å². The van der Waals surface area contributed by atoms with Gasteiger partial charge in [0.2, 0.25) is 0 Å². The molecule has 1 unspecified atom stereocenters. The Morgan fingerprint density at radius 1 is 1.09 bits per heavy atom. The van der Waals surface area contributed by atoms with Gasteiger partial charge in [-0.15, -0.1) is 6.58 Å². The fourth-order valence-corrected chi connectivity index (χ4v) is 4.21. The summed E-state index contributed by atoms with van der Waals surface area (Å²) in [4.78, 5) is -0.134. The van der Waals surface area contributed by atoms with Crippen molar-refractivity contribution < 1.29 is 26.3 Å². The molecule has 0 aliphatic carbocycles. The molecule has 3 rings (SSSR count). The molecule has 32 heavy (non-hydrogen) atoms. The maximum Gasteiger partial charge on any atom is 0.418 e. The first kappa shape index (κ1) is 23.4. The van der Waals surface area contributed by atoms with Gasteiger partial charge in [-0.1, -0.05) is 42.5 Å². The molecule has 167 valence electrons. The Kier molecular flexibility index (Phi) is 7.25. The second-order valence-electron chi connectivity index (χ2n) is 6.99. The van der Waals surface area contributed by atoms with E-state index in [1.165, 1.54) is 36.4 Å². The largest absolute Gasteiger partial charge is 0.493 e. The molecule has 0 amide bonds. The molecule has 1 N–H and O–H groups in total. The standard InChI is InChI=1S/C24H21F3NO3S/c1-2-9-19(17-31-20-10-5-3-6-11-20)18-14-15-22(24(25,26)27)23(16-18)28-32(29,30)21-12-7-4-8-13-21/h2-5,7-8,10-16,19,28H,1,9,17H2. The molecule has 0 aliphatic rings. The molecule has 3 aromatic carbocycles. The van der Waals surface area contributed by atoms with Crippen LogP contribution in [0.4, 0.5) is 18.9 Å². The molecule has 4 nitrogen and oxygen atoms in total. The number of nitrogens with one attached hydrogen (secondary N) is 1. The predicted octanol–water partition coefficient (Wildman–Crippen LogP) is 6.05. The summed E-state index contributed by atoms with van der Waals surface area (Å²) in [6.45, 7) is 3.87. The highest BCUT2D eigenvalue weighted by Crippen LogP contribution is 2.38. The van der Waals surface area contributed by atoms with Crippen LogP contribution in [0.25, 0.3) is 0 Å². The normalized spacial score (nSPS) is 12.7. The summed E-state index contributed by atoms with van der Waals surface area (Å²) in [7, 11) is -4.21. The third kappa shape index (κ3) is 5.91. The average molecular weight is 460 g/mol. The number of ether oxygens (including phenoxy) is 1. The number of sulfonamides is 1. The SMILES string of the molecule is C=CCC(COc1c[c]ccc1)c1ccc(C(F)(F)F)c(NS(=O)(=O)c2ccccc2)c1. The highest BCUT2D eigenvalue weighted by Gasteiger charge is 2.35. The second kappa shape index (κ2) is 9.91. The first-order valence-electron chi connectivity index (χ1n) is 9.69. The summed E-state index contributed by atoms with van der Waals surface area (Å²) in [5, 5.41) is 0. The maximum atomic E-state index is 13.6. The number of allylic oxidation sites excluding steroid dienone is 1. The van der Waals surface area contributed by atoms with Crippen molar-refractivity contribution >= 4 is 15.7 Å². The third-order valence-electron chi connectivity index (χ3n) is 4.70. The van der Waals surface area contributed by atoms with Crippen LogP contribution in [0.2, 0.25) is 0 Å². The number of hydrogen-bond donors (Lipinski definition) is 1. The lowest BCUT2D eigenvalue weighted by molar-refractivity contribution is -0.136. The van der Waals surface area contributed by atoms with Gasteiger partial charge in [0.05, 0.1) is 22.8 Å². The Balaban J connectivity index is 1.95. The van der Waals surface area contributed by atoms with E-state index in [4.69, 9.17) is 4.74 Å². The minimum Gasteiger partial charge on any atom is -0.493 e. The number of benzene rings is 3. The summed E-state index contributed by atoms with van der Waals surface area (Å²) in [5.74, 6) is 0.230. The minimum atomic E-state index is -4.74. The van der Waals surface area contributed by atoms with Crippen LogP contribution in [0.5, 0.6) is 5.75 Å². The van der Waals surface area contributed by atoms with Gasteiger partial charge in [0.25, 0.3) is 10.0 Å². The van der Waals surface area contributed by atoms with Gasteiger partial charge < -0.3 is 4.74 Å². The lowest BCUT2D eigenvalue weighted by Gasteiger charge is -2.20. The van der Waals surface area contributed by atoms with Crippen LogP contribution in [0.3, 0.4) is 0 Å². The topological polar surface area (TPSA) is 55.4 Å². The van der Waals surface area contributed by atoms with E-state index >= 15 is 0 Å². The smallest absolute Gasteiger partial charge is 0.418 e. The van der Waals surface area contributed by atoms with Gasteiger partial charge in [-0.3, -0.25) is 4.72 Å². The van der Waals surface area contributed by atoms with Crippen LogP contribution in [-0.2, 0) is 16.2 Å². The average Bonchev–Trinajstić information content (AvgIpc) is 2.77. The van der Waals surface area contributed by atoms with E-state index in [0.29, 0.717) is 17.7 Å². The van der Waals surface area contributed by atoms with Crippen molar-refractivity contribution in [3.63, 3.8) is 0 Å². The monoisotopic (exact) mass is 460 g/mol. The summed E-state index contributed by atoms with van der Waals surface area (Å²) >= 11 is 0. The first-order valence-corrected chi connectivity index (χ1v) is 11.2. The summed E-state index contributed by atoms with van der Waals surface area (Å²) in [6, 6.07) is 20.4. The van der Waals surface area contributed by atoms with Crippen LogP contribution in [-0.4, -0.2) is 15.0 Å². The predicted molar refractivity (Wildman–Crippen MR) is 117 cm³/mol. The van der Waals surface area contributed by atoms with Crippen LogP contribution < -0.4 is 9.46 Å². The molecule has 0 aliphatic heterocycles. The zero-order chi connectivity index (χ0) is 23.2. The Morgan fingerprint density at radius 3 is 2.47 bits per heavy atom. The zero-order valence-electron chi connectivity index (χ0n) is 17.0. The maximum absolute atomic E-state index is 13.6. The fraction of sp³-hybridized carbons (Fsp3) is 0.167. The minimum absolute atomic E-state index is 0.134. The van der Waals surface area contributed by atoms with Gasteiger partial charge in [0.1, 0.15) is 5.75 Å². The van der Waals surface area contributed by atoms with Crippen LogP contribution in [0.15, 0.2) is 90.3 Å². The lowest BCUT2D eigenvalue weighted by atomic mass is 9.94. The molecule has 8 heteroatoms. The van der Waals surface area contributed by atoms with Gasteiger partial charge >= 0.3 is 6.18 Å². The molecule has 0 aromatic heterocycles. The second-order valence-corrected chi connectivity index (χ2v) is 8.68. The van der Waals surface area contributed by atoms with Crippen molar-refractivity contribution in [1.82, 2.24) is 0 Å². The molecule has 1 radical (unpaired) electrons. The molecule has 0 saturated heterocycles. The quantitative estimate of drug-likeness (QED) is 0.396. The summed E-state index contributed by atoms with van der Waals surface area (Å²) in [6.07, 6.45) is -2.68. The summed E-state index contributed by atoms with van der Waals surface area (Å²) in [5.41, 5.74) is -1.12. The van der Waals surface area contributed by atoms with Crippen molar-refractivity contribution in [2.24, 2.45) is 0 Å². The fourth-order valence-electron chi connectivity index (χ4n) is 3.12. The number of halogens is 3. The first-order chi connectivity index (χ1) is 15.2. The van der Waals surface area contributed by atoms with Crippen molar-refractivity contribution in [1.29, 1.82) is 0 Å². The molecule has 0 saturated carbocycles. The summed E-state index contributed by atoms with van der Waals surface area (Å²) < 4.78 is 74.0.